The Labute approximate surface area is 109 Å². The van der Waals surface area contributed by atoms with Gasteiger partial charge in [0.05, 0.1) is 24.2 Å². The number of aromatic carboxylic acids is 1. The highest BCUT2D eigenvalue weighted by Crippen LogP contribution is 2.14. The first-order chi connectivity index (χ1) is 9.15. The quantitative estimate of drug-likeness (QED) is 0.831. The number of carbonyl (C=O) groups is 1. The molecule has 0 aliphatic heterocycles. The van der Waals surface area contributed by atoms with Crippen LogP contribution in [-0.4, -0.2) is 53.0 Å². The zero-order chi connectivity index (χ0) is 13.8. The van der Waals surface area contributed by atoms with E-state index in [4.69, 9.17) is 14.6 Å². The molecule has 1 atom stereocenters. The minimum atomic E-state index is -0.977. The number of ether oxygens (including phenoxy) is 2. The fourth-order valence-corrected chi connectivity index (χ4v) is 1.81. The van der Waals surface area contributed by atoms with E-state index in [0.29, 0.717) is 24.2 Å². The fourth-order valence-electron chi connectivity index (χ4n) is 1.81. The second-order valence-electron chi connectivity index (χ2n) is 4.09. The SMILES string of the molecule is COCC(Cn1nnc2ccc(C(=O)O)cc21)OC. The molecule has 0 fully saturated rings. The fraction of sp³-hybridized carbons (Fsp3) is 0.417. The van der Waals surface area contributed by atoms with Crippen molar-refractivity contribution in [1.82, 2.24) is 15.0 Å². The van der Waals surface area contributed by atoms with Gasteiger partial charge in [-0.15, -0.1) is 5.10 Å². The smallest absolute Gasteiger partial charge is 0.335 e. The van der Waals surface area contributed by atoms with Crippen molar-refractivity contribution in [3.63, 3.8) is 0 Å². The van der Waals surface area contributed by atoms with E-state index in [9.17, 15) is 4.79 Å². The zero-order valence-electron chi connectivity index (χ0n) is 10.7. The molecule has 0 saturated heterocycles. The molecule has 7 heteroatoms. The second kappa shape index (κ2) is 5.77. The van der Waals surface area contributed by atoms with Crippen molar-refractivity contribution in [2.75, 3.05) is 20.8 Å². The van der Waals surface area contributed by atoms with Gasteiger partial charge in [0.15, 0.2) is 0 Å². The third-order valence-corrected chi connectivity index (χ3v) is 2.82. The van der Waals surface area contributed by atoms with E-state index >= 15 is 0 Å². The molecule has 1 aromatic heterocycles. The van der Waals surface area contributed by atoms with Gasteiger partial charge in [-0.05, 0) is 18.2 Å². The predicted octanol–water partition coefficient (Wildman–Crippen LogP) is 0.791. The third-order valence-electron chi connectivity index (χ3n) is 2.82. The lowest BCUT2D eigenvalue weighted by Crippen LogP contribution is -2.24. The molecule has 1 heterocycles. The van der Waals surface area contributed by atoms with Crippen LogP contribution < -0.4 is 0 Å². The van der Waals surface area contributed by atoms with Gasteiger partial charge in [-0.1, -0.05) is 5.21 Å². The largest absolute Gasteiger partial charge is 0.478 e. The summed E-state index contributed by atoms with van der Waals surface area (Å²) in [6.07, 6.45) is -0.164. The first-order valence-electron chi connectivity index (χ1n) is 5.74. The van der Waals surface area contributed by atoms with Crippen LogP contribution in [0.3, 0.4) is 0 Å². The summed E-state index contributed by atoms with van der Waals surface area (Å²) in [4.78, 5) is 11.0. The Kier molecular flexibility index (Phi) is 4.08. The normalized spacial score (nSPS) is 12.7. The van der Waals surface area contributed by atoms with Crippen molar-refractivity contribution in [2.24, 2.45) is 0 Å². The first-order valence-corrected chi connectivity index (χ1v) is 5.74. The molecule has 1 aromatic carbocycles. The van der Waals surface area contributed by atoms with E-state index in [1.807, 2.05) is 0 Å². The minimum Gasteiger partial charge on any atom is -0.478 e. The molecule has 0 saturated carbocycles. The molecular formula is C12H15N3O4. The Morgan fingerprint density at radius 3 is 2.89 bits per heavy atom. The number of fused-ring (bicyclic) bond motifs is 1. The average molecular weight is 265 g/mol. The summed E-state index contributed by atoms with van der Waals surface area (Å²) in [5.41, 5.74) is 1.52. The molecule has 2 rings (SSSR count). The number of hydrogen-bond donors (Lipinski definition) is 1. The van der Waals surface area contributed by atoms with Crippen LogP contribution in [0.15, 0.2) is 18.2 Å². The van der Waals surface area contributed by atoms with Crippen molar-refractivity contribution in [3.05, 3.63) is 23.8 Å². The maximum Gasteiger partial charge on any atom is 0.335 e. The number of nitrogens with zero attached hydrogens (tertiary/aromatic N) is 3. The Hall–Kier alpha value is -1.99. The molecule has 1 unspecified atom stereocenters. The lowest BCUT2D eigenvalue weighted by Gasteiger charge is -2.14. The van der Waals surface area contributed by atoms with E-state index in [2.05, 4.69) is 10.3 Å². The van der Waals surface area contributed by atoms with Crippen molar-refractivity contribution < 1.29 is 19.4 Å². The highest BCUT2D eigenvalue weighted by molar-refractivity contribution is 5.92. The van der Waals surface area contributed by atoms with Crippen LogP contribution in [0.2, 0.25) is 0 Å². The molecule has 7 nitrogen and oxygen atoms in total. The van der Waals surface area contributed by atoms with Crippen LogP contribution in [-0.2, 0) is 16.0 Å². The van der Waals surface area contributed by atoms with E-state index in [1.54, 1.807) is 31.0 Å². The molecule has 0 bridgehead atoms. The number of hydrogen-bond acceptors (Lipinski definition) is 5. The second-order valence-corrected chi connectivity index (χ2v) is 4.09. The van der Waals surface area contributed by atoms with Crippen molar-refractivity contribution >= 4 is 17.0 Å². The van der Waals surface area contributed by atoms with Crippen molar-refractivity contribution in [1.29, 1.82) is 0 Å². The highest BCUT2D eigenvalue weighted by Gasteiger charge is 2.13. The Morgan fingerprint density at radius 2 is 2.26 bits per heavy atom. The lowest BCUT2D eigenvalue weighted by atomic mass is 10.2. The molecule has 0 aliphatic carbocycles. The van der Waals surface area contributed by atoms with Gasteiger partial charge in [0.25, 0.3) is 0 Å². The topological polar surface area (TPSA) is 86.5 Å². The number of methoxy groups -OCH3 is 2. The summed E-state index contributed by atoms with van der Waals surface area (Å²) < 4.78 is 11.9. The van der Waals surface area contributed by atoms with E-state index in [1.165, 1.54) is 6.07 Å². The van der Waals surface area contributed by atoms with Crippen molar-refractivity contribution in [2.45, 2.75) is 12.6 Å². The van der Waals surface area contributed by atoms with Crippen molar-refractivity contribution in [3.8, 4) is 0 Å². The van der Waals surface area contributed by atoms with E-state index in [0.717, 1.165) is 0 Å². The zero-order valence-corrected chi connectivity index (χ0v) is 10.7. The lowest BCUT2D eigenvalue weighted by molar-refractivity contribution is 0.0168. The standard InChI is InChI=1S/C12H15N3O4/c1-18-7-9(19-2)6-15-11-5-8(12(16)17)3-4-10(11)13-14-15/h3-5,9H,6-7H2,1-2H3,(H,16,17). The number of rotatable bonds is 6. The van der Waals surface area contributed by atoms with Crippen LogP contribution in [0, 0.1) is 0 Å². The number of benzene rings is 1. The van der Waals surface area contributed by atoms with Crippen LogP contribution in [0.25, 0.3) is 11.0 Å². The van der Waals surface area contributed by atoms with Crippen LogP contribution in [0.1, 0.15) is 10.4 Å². The van der Waals surface area contributed by atoms with Gasteiger partial charge in [-0.25, -0.2) is 9.48 Å². The Balaban J connectivity index is 2.32. The predicted molar refractivity (Wildman–Crippen MR) is 67.2 cm³/mol. The maximum absolute atomic E-state index is 11.0. The molecule has 0 aliphatic rings. The van der Waals surface area contributed by atoms with Gasteiger partial charge in [0, 0.05) is 14.2 Å². The summed E-state index contributed by atoms with van der Waals surface area (Å²) >= 11 is 0. The van der Waals surface area contributed by atoms with Gasteiger partial charge < -0.3 is 14.6 Å². The maximum atomic E-state index is 11.0. The monoisotopic (exact) mass is 265 g/mol. The van der Waals surface area contributed by atoms with Gasteiger partial charge in [0.2, 0.25) is 0 Å². The van der Waals surface area contributed by atoms with Gasteiger partial charge in [-0.2, -0.15) is 0 Å². The molecular weight excluding hydrogens is 250 g/mol. The van der Waals surface area contributed by atoms with E-state index < -0.39 is 5.97 Å². The number of aromatic nitrogens is 3. The summed E-state index contributed by atoms with van der Waals surface area (Å²) in [5, 5.41) is 17.0. The Bertz CT molecular complexity index is 581. The van der Waals surface area contributed by atoms with Gasteiger partial charge >= 0.3 is 5.97 Å². The third kappa shape index (κ3) is 2.88. The van der Waals surface area contributed by atoms with Crippen LogP contribution in [0.4, 0.5) is 0 Å². The first kappa shape index (κ1) is 13.4. The molecule has 1 N–H and O–H groups in total. The molecule has 102 valence electrons. The average Bonchev–Trinajstić information content (AvgIpc) is 2.80. The van der Waals surface area contributed by atoms with E-state index in [-0.39, 0.29) is 11.7 Å². The highest BCUT2D eigenvalue weighted by atomic mass is 16.5. The molecule has 19 heavy (non-hydrogen) atoms. The summed E-state index contributed by atoms with van der Waals surface area (Å²) in [7, 11) is 3.18. The summed E-state index contributed by atoms with van der Waals surface area (Å²) in [6.45, 7) is 0.875. The van der Waals surface area contributed by atoms with Gasteiger partial charge in [-0.3, -0.25) is 0 Å². The minimum absolute atomic E-state index is 0.164. The van der Waals surface area contributed by atoms with Crippen LogP contribution >= 0.6 is 0 Å². The molecule has 0 spiro atoms. The molecule has 2 aromatic rings. The summed E-state index contributed by atoms with van der Waals surface area (Å²) in [6, 6.07) is 4.70. The van der Waals surface area contributed by atoms with Gasteiger partial charge in [0.1, 0.15) is 11.6 Å². The molecule has 0 radical (unpaired) electrons. The Morgan fingerprint density at radius 1 is 1.47 bits per heavy atom. The summed E-state index contributed by atoms with van der Waals surface area (Å²) in [5.74, 6) is -0.977. The van der Waals surface area contributed by atoms with Crippen LogP contribution in [0.5, 0.6) is 0 Å². The molecule has 0 amide bonds. The number of carboxylic acids is 1. The number of carboxylic acid groups (broad SMARTS) is 1.